The summed E-state index contributed by atoms with van der Waals surface area (Å²) in [6.45, 7) is 1.26. The van der Waals surface area contributed by atoms with Crippen LogP contribution in [0.15, 0.2) is 36.4 Å². The van der Waals surface area contributed by atoms with Gasteiger partial charge in [-0.25, -0.2) is 17.6 Å². The molecule has 106 valence electrons. The third kappa shape index (κ3) is 2.82. The fraction of sp³-hybridized carbons (Fsp3) is 0.200. The second-order valence-electron chi connectivity index (χ2n) is 4.80. The highest BCUT2D eigenvalue weighted by atomic mass is 19.2. The van der Waals surface area contributed by atoms with Crippen LogP contribution in [0.4, 0.5) is 17.6 Å². The highest BCUT2D eigenvalue weighted by molar-refractivity contribution is 5.29. The highest BCUT2D eigenvalue weighted by Crippen LogP contribution is 2.29. The normalized spacial score (nSPS) is 14.1. The maximum absolute atomic E-state index is 13.7. The van der Waals surface area contributed by atoms with Gasteiger partial charge in [0.05, 0.1) is 5.60 Å². The lowest BCUT2D eigenvalue weighted by Gasteiger charge is -2.24. The Bertz CT molecular complexity index is 638. The molecule has 0 saturated heterocycles. The number of benzene rings is 2. The summed E-state index contributed by atoms with van der Waals surface area (Å²) in [6.07, 6.45) is -0.132. The third-order valence-corrected chi connectivity index (χ3v) is 3.05. The quantitative estimate of drug-likeness (QED) is 0.673. The Morgan fingerprint density at radius 3 is 2.35 bits per heavy atom. The predicted octanol–water partition coefficient (Wildman–Crippen LogP) is 3.69. The first-order valence-electron chi connectivity index (χ1n) is 5.92. The van der Waals surface area contributed by atoms with Crippen LogP contribution in [-0.2, 0) is 12.0 Å². The van der Waals surface area contributed by atoms with Crippen molar-refractivity contribution in [3.8, 4) is 0 Å². The Hall–Kier alpha value is -1.88. The molecule has 0 aliphatic heterocycles. The van der Waals surface area contributed by atoms with Crippen molar-refractivity contribution in [1.82, 2.24) is 0 Å². The van der Waals surface area contributed by atoms with Crippen LogP contribution in [0.5, 0.6) is 0 Å². The van der Waals surface area contributed by atoms with E-state index in [1.54, 1.807) is 6.07 Å². The lowest BCUT2D eigenvalue weighted by molar-refractivity contribution is 0.0527. The maximum Gasteiger partial charge on any atom is 0.194 e. The average Bonchev–Trinajstić information content (AvgIpc) is 2.35. The molecule has 0 bridgehead atoms. The summed E-state index contributed by atoms with van der Waals surface area (Å²) < 4.78 is 52.9. The summed E-state index contributed by atoms with van der Waals surface area (Å²) in [5.41, 5.74) is -1.74. The van der Waals surface area contributed by atoms with E-state index in [1.807, 2.05) is 0 Å². The van der Waals surface area contributed by atoms with E-state index in [-0.39, 0.29) is 12.0 Å². The van der Waals surface area contributed by atoms with Crippen LogP contribution in [0, 0.1) is 23.3 Å². The highest BCUT2D eigenvalue weighted by Gasteiger charge is 2.29. The van der Waals surface area contributed by atoms with Gasteiger partial charge in [0.1, 0.15) is 5.82 Å². The summed E-state index contributed by atoms with van der Waals surface area (Å²) in [5.74, 6) is -4.90. The van der Waals surface area contributed by atoms with Gasteiger partial charge >= 0.3 is 0 Å². The van der Waals surface area contributed by atoms with E-state index >= 15 is 0 Å². The lowest BCUT2D eigenvalue weighted by Crippen LogP contribution is -2.26. The standard InChI is InChI=1S/C15H12F4O/c1-15(20,8-9-3-2-4-10(16)7-9)11-5-6-12(17)14(19)13(11)18/h2-7,20H,8H2,1H3. The minimum Gasteiger partial charge on any atom is -0.385 e. The van der Waals surface area contributed by atoms with Gasteiger partial charge in [0.25, 0.3) is 0 Å². The molecule has 1 atom stereocenters. The fourth-order valence-electron chi connectivity index (χ4n) is 2.08. The molecule has 2 aromatic rings. The fourth-order valence-corrected chi connectivity index (χ4v) is 2.08. The van der Waals surface area contributed by atoms with E-state index < -0.39 is 28.9 Å². The molecule has 5 heteroatoms. The SMILES string of the molecule is CC(O)(Cc1cccc(F)c1)c1ccc(F)c(F)c1F. The zero-order chi connectivity index (χ0) is 14.9. The molecule has 0 spiro atoms. The Balaban J connectivity index is 2.38. The van der Waals surface area contributed by atoms with E-state index in [2.05, 4.69) is 0 Å². The maximum atomic E-state index is 13.7. The van der Waals surface area contributed by atoms with Crippen molar-refractivity contribution in [2.45, 2.75) is 18.9 Å². The molecule has 0 aromatic heterocycles. The monoisotopic (exact) mass is 284 g/mol. The Morgan fingerprint density at radius 2 is 1.70 bits per heavy atom. The molecule has 0 aliphatic carbocycles. The van der Waals surface area contributed by atoms with Crippen LogP contribution in [0.2, 0.25) is 0 Å². The summed E-state index contributed by atoms with van der Waals surface area (Å²) in [5, 5.41) is 10.3. The number of aliphatic hydroxyl groups is 1. The van der Waals surface area contributed by atoms with Crippen molar-refractivity contribution in [2.24, 2.45) is 0 Å². The van der Waals surface area contributed by atoms with Crippen molar-refractivity contribution < 1.29 is 22.7 Å². The molecular weight excluding hydrogens is 272 g/mol. The van der Waals surface area contributed by atoms with Gasteiger partial charge in [-0.1, -0.05) is 18.2 Å². The summed E-state index contributed by atoms with van der Waals surface area (Å²) in [6, 6.07) is 7.14. The molecule has 20 heavy (non-hydrogen) atoms. The van der Waals surface area contributed by atoms with Crippen LogP contribution in [0.3, 0.4) is 0 Å². The number of rotatable bonds is 3. The summed E-state index contributed by atoms with van der Waals surface area (Å²) in [4.78, 5) is 0. The molecule has 2 aromatic carbocycles. The molecule has 2 rings (SSSR count). The minimum atomic E-state index is -1.79. The van der Waals surface area contributed by atoms with Crippen LogP contribution in [0.1, 0.15) is 18.1 Å². The molecule has 0 heterocycles. The molecule has 0 saturated carbocycles. The van der Waals surface area contributed by atoms with Crippen LogP contribution in [0.25, 0.3) is 0 Å². The first-order chi connectivity index (χ1) is 9.31. The zero-order valence-corrected chi connectivity index (χ0v) is 10.6. The Morgan fingerprint density at radius 1 is 1.00 bits per heavy atom. The first-order valence-corrected chi connectivity index (χ1v) is 5.92. The van der Waals surface area contributed by atoms with E-state index in [9.17, 15) is 22.7 Å². The largest absolute Gasteiger partial charge is 0.385 e. The molecule has 0 radical (unpaired) electrons. The second-order valence-corrected chi connectivity index (χ2v) is 4.80. The van der Waals surface area contributed by atoms with E-state index in [0.717, 1.165) is 12.1 Å². The molecular formula is C15H12F4O. The summed E-state index contributed by atoms with van der Waals surface area (Å²) in [7, 11) is 0. The Labute approximate surface area is 113 Å². The first kappa shape index (κ1) is 14.5. The number of hydrogen-bond donors (Lipinski definition) is 1. The van der Waals surface area contributed by atoms with E-state index in [0.29, 0.717) is 5.56 Å². The van der Waals surface area contributed by atoms with Crippen molar-refractivity contribution in [3.05, 3.63) is 70.8 Å². The number of halogens is 4. The topological polar surface area (TPSA) is 20.2 Å². The smallest absolute Gasteiger partial charge is 0.194 e. The van der Waals surface area contributed by atoms with Crippen molar-refractivity contribution in [3.63, 3.8) is 0 Å². The van der Waals surface area contributed by atoms with Crippen molar-refractivity contribution in [2.75, 3.05) is 0 Å². The molecule has 1 nitrogen and oxygen atoms in total. The zero-order valence-electron chi connectivity index (χ0n) is 10.6. The van der Waals surface area contributed by atoms with E-state index in [4.69, 9.17) is 0 Å². The molecule has 0 fully saturated rings. The lowest BCUT2D eigenvalue weighted by atomic mass is 9.88. The van der Waals surface area contributed by atoms with Crippen LogP contribution >= 0.6 is 0 Å². The van der Waals surface area contributed by atoms with Crippen molar-refractivity contribution in [1.29, 1.82) is 0 Å². The van der Waals surface area contributed by atoms with E-state index in [1.165, 1.54) is 25.1 Å². The van der Waals surface area contributed by atoms with Gasteiger partial charge in [0.15, 0.2) is 17.5 Å². The van der Waals surface area contributed by atoms with Gasteiger partial charge in [-0.3, -0.25) is 0 Å². The predicted molar refractivity (Wildman–Crippen MR) is 66.0 cm³/mol. The third-order valence-electron chi connectivity index (χ3n) is 3.05. The van der Waals surface area contributed by atoms with Gasteiger partial charge in [-0.15, -0.1) is 0 Å². The van der Waals surface area contributed by atoms with Crippen molar-refractivity contribution >= 4 is 0 Å². The molecule has 1 N–H and O–H groups in total. The molecule has 0 amide bonds. The van der Waals surface area contributed by atoms with Gasteiger partial charge in [-0.05, 0) is 30.7 Å². The molecule has 1 unspecified atom stereocenters. The van der Waals surface area contributed by atoms with Gasteiger partial charge in [0, 0.05) is 12.0 Å². The minimum absolute atomic E-state index is 0.132. The average molecular weight is 284 g/mol. The Kier molecular flexibility index (Phi) is 3.81. The molecule has 0 aliphatic rings. The second kappa shape index (κ2) is 5.25. The van der Waals surface area contributed by atoms with Gasteiger partial charge in [-0.2, -0.15) is 0 Å². The van der Waals surface area contributed by atoms with Gasteiger partial charge in [0.2, 0.25) is 0 Å². The number of hydrogen-bond acceptors (Lipinski definition) is 1. The summed E-state index contributed by atoms with van der Waals surface area (Å²) >= 11 is 0. The van der Waals surface area contributed by atoms with Crippen LogP contribution < -0.4 is 0 Å². The van der Waals surface area contributed by atoms with Crippen LogP contribution in [-0.4, -0.2) is 5.11 Å². The van der Waals surface area contributed by atoms with Gasteiger partial charge < -0.3 is 5.11 Å².